The van der Waals surface area contributed by atoms with Crippen LogP contribution in [0.25, 0.3) is 0 Å². The minimum atomic E-state index is -0.473. The molecular weight excluding hydrogens is 298 g/mol. The van der Waals surface area contributed by atoms with Crippen LogP contribution in [0.15, 0.2) is 12.1 Å². The quantitative estimate of drug-likeness (QED) is 0.858. The summed E-state index contributed by atoms with van der Waals surface area (Å²) in [4.78, 5) is 23.9. The number of carbonyl (C=O) groups excluding carboxylic acids is 2. The topological polar surface area (TPSA) is 73.9 Å². The van der Waals surface area contributed by atoms with Gasteiger partial charge in [0.15, 0.2) is 0 Å². The van der Waals surface area contributed by atoms with Crippen LogP contribution in [0.4, 0.5) is 0 Å². The summed E-state index contributed by atoms with van der Waals surface area (Å²) in [5, 5.41) is 2.88. The van der Waals surface area contributed by atoms with Gasteiger partial charge in [-0.1, -0.05) is 20.8 Å². The summed E-state index contributed by atoms with van der Waals surface area (Å²) in [5.41, 5.74) is 0.762. The Morgan fingerprint density at radius 2 is 2.00 bits per heavy atom. The van der Waals surface area contributed by atoms with E-state index in [2.05, 4.69) is 5.32 Å². The Morgan fingerprint density at radius 3 is 2.57 bits per heavy atom. The van der Waals surface area contributed by atoms with E-state index in [1.54, 1.807) is 13.2 Å². The number of methoxy groups -OCH3 is 2. The fourth-order valence-electron chi connectivity index (χ4n) is 2.37. The van der Waals surface area contributed by atoms with Crippen LogP contribution in [0.2, 0.25) is 0 Å². The third kappa shape index (κ3) is 3.75. The van der Waals surface area contributed by atoms with Crippen molar-refractivity contribution in [1.82, 2.24) is 5.32 Å². The number of ether oxygens (including phenoxy) is 3. The molecule has 126 valence electrons. The number of amides is 1. The van der Waals surface area contributed by atoms with E-state index in [-0.39, 0.29) is 12.0 Å². The zero-order valence-corrected chi connectivity index (χ0v) is 14.2. The van der Waals surface area contributed by atoms with E-state index < -0.39 is 11.4 Å². The standard InChI is InChI=1S/C17H23NO5/c1-17(2,3)16(20)18-9-12-7-10-6-11(21-4)8-13(14(10)23-12)15(19)22-5/h6,8,12H,7,9H2,1-5H3,(H,18,20). The molecule has 0 bridgehead atoms. The maximum Gasteiger partial charge on any atom is 0.341 e. The molecule has 2 rings (SSSR count). The molecule has 1 aromatic carbocycles. The van der Waals surface area contributed by atoms with Crippen molar-refractivity contribution < 1.29 is 23.8 Å². The summed E-state index contributed by atoms with van der Waals surface area (Å²) in [6, 6.07) is 3.44. The molecule has 0 radical (unpaired) electrons. The lowest BCUT2D eigenvalue weighted by Crippen LogP contribution is -2.40. The second-order valence-corrected chi connectivity index (χ2v) is 6.56. The number of hydrogen-bond donors (Lipinski definition) is 1. The van der Waals surface area contributed by atoms with E-state index >= 15 is 0 Å². The summed E-state index contributed by atoms with van der Waals surface area (Å²) in [6.07, 6.45) is 0.382. The van der Waals surface area contributed by atoms with Crippen LogP contribution in [-0.2, 0) is 16.0 Å². The fraction of sp³-hybridized carbons (Fsp3) is 0.529. The van der Waals surface area contributed by atoms with Gasteiger partial charge in [0.25, 0.3) is 0 Å². The molecule has 1 aromatic rings. The van der Waals surface area contributed by atoms with Crippen LogP contribution in [-0.4, -0.2) is 38.7 Å². The maximum atomic E-state index is 12.0. The van der Waals surface area contributed by atoms with Crippen molar-refractivity contribution in [3.63, 3.8) is 0 Å². The molecule has 1 aliphatic rings. The lowest BCUT2D eigenvalue weighted by Gasteiger charge is -2.19. The first-order valence-corrected chi connectivity index (χ1v) is 7.50. The molecule has 0 fully saturated rings. The predicted octanol–water partition coefficient (Wildman–Crippen LogP) is 1.95. The Balaban J connectivity index is 2.14. The molecule has 1 atom stereocenters. The van der Waals surface area contributed by atoms with Crippen molar-refractivity contribution >= 4 is 11.9 Å². The average Bonchev–Trinajstić information content (AvgIpc) is 2.92. The van der Waals surface area contributed by atoms with Crippen LogP contribution < -0.4 is 14.8 Å². The second kappa shape index (κ2) is 6.48. The van der Waals surface area contributed by atoms with Crippen LogP contribution in [0.3, 0.4) is 0 Å². The van der Waals surface area contributed by atoms with E-state index in [0.717, 1.165) is 5.56 Å². The molecule has 1 N–H and O–H groups in total. The van der Waals surface area contributed by atoms with Gasteiger partial charge in [-0.3, -0.25) is 4.79 Å². The van der Waals surface area contributed by atoms with Gasteiger partial charge >= 0.3 is 5.97 Å². The van der Waals surface area contributed by atoms with Gasteiger partial charge in [0, 0.05) is 17.4 Å². The summed E-state index contributed by atoms with van der Waals surface area (Å²) < 4.78 is 15.9. The van der Waals surface area contributed by atoms with Gasteiger partial charge in [0.05, 0.1) is 20.8 Å². The van der Waals surface area contributed by atoms with Gasteiger partial charge in [-0.05, 0) is 12.1 Å². The number of benzene rings is 1. The normalized spacial score (nSPS) is 16.3. The number of fused-ring (bicyclic) bond motifs is 1. The molecule has 1 heterocycles. The zero-order valence-electron chi connectivity index (χ0n) is 14.2. The molecule has 0 aliphatic carbocycles. The largest absolute Gasteiger partial charge is 0.497 e. The van der Waals surface area contributed by atoms with Crippen molar-refractivity contribution in [3.05, 3.63) is 23.3 Å². The molecule has 23 heavy (non-hydrogen) atoms. The van der Waals surface area contributed by atoms with Crippen LogP contribution in [0, 0.1) is 5.41 Å². The highest BCUT2D eigenvalue weighted by atomic mass is 16.5. The lowest BCUT2D eigenvalue weighted by molar-refractivity contribution is -0.128. The molecule has 1 amide bonds. The van der Waals surface area contributed by atoms with Gasteiger partial charge in [-0.25, -0.2) is 4.79 Å². The Labute approximate surface area is 136 Å². The van der Waals surface area contributed by atoms with Gasteiger partial charge in [-0.2, -0.15) is 0 Å². The van der Waals surface area contributed by atoms with Crippen molar-refractivity contribution in [2.24, 2.45) is 5.41 Å². The zero-order chi connectivity index (χ0) is 17.2. The summed E-state index contributed by atoms with van der Waals surface area (Å²) >= 11 is 0. The van der Waals surface area contributed by atoms with Gasteiger partial charge in [-0.15, -0.1) is 0 Å². The Bertz CT molecular complexity index is 618. The number of rotatable bonds is 4. The Hall–Kier alpha value is -2.24. The minimum Gasteiger partial charge on any atom is -0.497 e. The van der Waals surface area contributed by atoms with Crippen molar-refractivity contribution in [2.75, 3.05) is 20.8 Å². The smallest absolute Gasteiger partial charge is 0.341 e. The van der Waals surface area contributed by atoms with Crippen LogP contribution in [0.5, 0.6) is 11.5 Å². The van der Waals surface area contributed by atoms with E-state index in [0.29, 0.717) is 30.0 Å². The first kappa shape index (κ1) is 17.1. The van der Waals surface area contributed by atoms with Gasteiger partial charge in [0.1, 0.15) is 23.2 Å². The predicted molar refractivity (Wildman–Crippen MR) is 84.9 cm³/mol. The average molecular weight is 321 g/mol. The van der Waals surface area contributed by atoms with Crippen molar-refractivity contribution in [2.45, 2.75) is 33.3 Å². The summed E-state index contributed by atoms with van der Waals surface area (Å²) in [7, 11) is 2.86. The van der Waals surface area contributed by atoms with Gasteiger partial charge in [0.2, 0.25) is 5.91 Å². The SMILES string of the molecule is COC(=O)c1cc(OC)cc2c1OC(CNC(=O)C(C)(C)C)C2. The lowest BCUT2D eigenvalue weighted by atomic mass is 9.95. The number of esters is 1. The van der Waals surface area contributed by atoms with Gasteiger partial charge < -0.3 is 19.5 Å². The third-order valence-electron chi connectivity index (χ3n) is 3.68. The molecule has 0 saturated carbocycles. The summed E-state index contributed by atoms with van der Waals surface area (Å²) in [6.45, 7) is 5.94. The number of nitrogens with one attached hydrogen (secondary N) is 1. The molecule has 1 aliphatic heterocycles. The Kier molecular flexibility index (Phi) is 4.82. The van der Waals surface area contributed by atoms with Crippen molar-refractivity contribution in [1.29, 1.82) is 0 Å². The molecule has 0 aromatic heterocycles. The number of hydrogen-bond acceptors (Lipinski definition) is 5. The van der Waals surface area contributed by atoms with E-state index in [9.17, 15) is 9.59 Å². The molecule has 6 heteroatoms. The number of carbonyl (C=O) groups is 2. The second-order valence-electron chi connectivity index (χ2n) is 6.56. The Morgan fingerprint density at radius 1 is 1.30 bits per heavy atom. The first-order valence-electron chi connectivity index (χ1n) is 7.50. The van der Waals surface area contributed by atoms with E-state index in [4.69, 9.17) is 14.2 Å². The first-order chi connectivity index (χ1) is 10.8. The molecule has 0 saturated heterocycles. The van der Waals surface area contributed by atoms with Crippen molar-refractivity contribution in [3.8, 4) is 11.5 Å². The molecule has 6 nitrogen and oxygen atoms in total. The molecule has 0 spiro atoms. The molecular formula is C17H23NO5. The van der Waals surface area contributed by atoms with E-state index in [1.165, 1.54) is 7.11 Å². The fourth-order valence-corrected chi connectivity index (χ4v) is 2.37. The van der Waals surface area contributed by atoms with Crippen LogP contribution >= 0.6 is 0 Å². The summed E-state index contributed by atoms with van der Waals surface area (Å²) in [5.74, 6) is 0.571. The van der Waals surface area contributed by atoms with E-state index in [1.807, 2.05) is 26.8 Å². The monoisotopic (exact) mass is 321 g/mol. The third-order valence-corrected chi connectivity index (χ3v) is 3.68. The highest BCUT2D eigenvalue weighted by Crippen LogP contribution is 2.36. The highest BCUT2D eigenvalue weighted by molar-refractivity contribution is 5.93. The minimum absolute atomic E-state index is 0.0390. The maximum absolute atomic E-state index is 12.0. The van der Waals surface area contributed by atoms with Crippen LogP contribution in [0.1, 0.15) is 36.7 Å². The highest BCUT2D eigenvalue weighted by Gasteiger charge is 2.30. The molecule has 1 unspecified atom stereocenters.